The van der Waals surface area contributed by atoms with E-state index in [-0.39, 0.29) is 5.69 Å². The van der Waals surface area contributed by atoms with Crippen LogP contribution in [0.15, 0.2) is 28.9 Å². The van der Waals surface area contributed by atoms with Crippen LogP contribution in [0.25, 0.3) is 10.9 Å². The Kier molecular flexibility index (Phi) is 5.52. The van der Waals surface area contributed by atoms with Crippen molar-refractivity contribution in [2.45, 2.75) is 0 Å². The topological polar surface area (TPSA) is 112 Å². The molecule has 1 amide bonds. The highest BCUT2D eigenvalue weighted by Crippen LogP contribution is 2.32. The first kappa shape index (κ1) is 18.3. The number of anilines is 1. The molecule has 3 rings (SSSR count). The van der Waals surface area contributed by atoms with Crippen LogP contribution in [0.4, 0.5) is 16.2 Å². The zero-order chi connectivity index (χ0) is 18.7. The number of carboxylic acid groups (broad SMARTS) is 1. The SMILES string of the molecule is O=C(O)N1CCN(CCNc2c([N+](=O)[O-])cnc3cc(Br)ccc23)CC1. The average molecular weight is 424 g/mol. The number of benzene rings is 1. The molecule has 0 bridgehead atoms. The van der Waals surface area contributed by atoms with Crippen LogP contribution in [0.2, 0.25) is 0 Å². The van der Waals surface area contributed by atoms with Crippen LogP contribution in [0, 0.1) is 10.1 Å². The Morgan fingerprint density at radius 2 is 2.08 bits per heavy atom. The van der Waals surface area contributed by atoms with E-state index in [0.717, 1.165) is 4.47 Å². The van der Waals surface area contributed by atoms with Crippen molar-refractivity contribution in [1.82, 2.24) is 14.8 Å². The van der Waals surface area contributed by atoms with Crippen molar-refractivity contribution in [1.29, 1.82) is 0 Å². The summed E-state index contributed by atoms with van der Waals surface area (Å²) in [7, 11) is 0. The Hall–Kier alpha value is -2.46. The van der Waals surface area contributed by atoms with Gasteiger partial charge in [-0.2, -0.15) is 0 Å². The molecule has 1 aliphatic rings. The molecule has 2 aromatic rings. The molecule has 10 heteroatoms. The van der Waals surface area contributed by atoms with Gasteiger partial charge in [0.05, 0.1) is 10.4 Å². The molecule has 9 nitrogen and oxygen atoms in total. The molecule has 138 valence electrons. The molecule has 0 spiro atoms. The van der Waals surface area contributed by atoms with E-state index in [9.17, 15) is 14.9 Å². The molecule has 0 unspecified atom stereocenters. The maximum absolute atomic E-state index is 11.3. The molecular formula is C16H18BrN5O4. The summed E-state index contributed by atoms with van der Waals surface area (Å²) >= 11 is 3.38. The molecular weight excluding hydrogens is 406 g/mol. The quantitative estimate of drug-likeness (QED) is 0.561. The van der Waals surface area contributed by atoms with Gasteiger partial charge in [-0.25, -0.2) is 9.78 Å². The van der Waals surface area contributed by atoms with Crippen molar-refractivity contribution in [2.24, 2.45) is 0 Å². The lowest BCUT2D eigenvalue weighted by Gasteiger charge is -2.33. The van der Waals surface area contributed by atoms with Crippen LogP contribution in [-0.4, -0.2) is 70.2 Å². The van der Waals surface area contributed by atoms with Gasteiger partial charge < -0.3 is 15.3 Å². The normalized spacial score (nSPS) is 15.2. The van der Waals surface area contributed by atoms with Gasteiger partial charge in [-0.1, -0.05) is 15.9 Å². The lowest BCUT2D eigenvalue weighted by Crippen LogP contribution is -2.49. The Bertz CT molecular complexity index is 839. The lowest BCUT2D eigenvalue weighted by molar-refractivity contribution is -0.384. The fourth-order valence-corrected chi connectivity index (χ4v) is 3.33. The minimum absolute atomic E-state index is 0.0597. The van der Waals surface area contributed by atoms with Crippen molar-refractivity contribution >= 4 is 44.3 Å². The number of piperazine rings is 1. The zero-order valence-corrected chi connectivity index (χ0v) is 15.5. The lowest BCUT2D eigenvalue weighted by atomic mass is 10.1. The van der Waals surface area contributed by atoms with Crippen LogP contribution in [0.1, 0.15) is 0 Å². The number of nitrogens with one attached hydrogen (secondary N) is 1. The predicted octanol–water partition coefficient (Wildman–Crippen LogP) is 2.61. The number of nitro groups is 1. The molecule has 26 heavy (non-hydrogen) atoms. The maximum Gasteiger partial charge on any atom is 0.407 e. The first-order chi connectivity index (χ1) is 12.5. The summed E-state index contributed by atoms with van der Waals surface area (Å²) in [6.07, 6.45) is 0.371. The monoisotopic (exact) mass is 423 g/mol. The highest BCUT2D eigenvalue weighted by Gasteiger charge is 2.21. The molecule has 0 atom stereocenters. The maximum atomic E-state index is 11.3. The van der Waals surface area contributed by atoms with E-state index in [1.807, 2.05) is 12.1 Å². The van der Waals surface area contributed by atoms with Crippen LogP contribution >= 0.6 is 15.9 Å². The molecule has 1 aromatic carbocycles. The summed E-state index contributed by atoms with van der Waals surface area (Å²) in [5, 5.41) is 24.2. The molecule has 1 aliphatic heterocycles. The smallest absolute Gasteiger partial charge is 0.407 e. The summed E-state index contributed by atoms with van der Waals surface area (Å²) in [5.41, 5.74) is 1.06. The van der Waals surface area contributed by atoms with Crippen molar-refractivity contribution in [3.8, 4) is 0 Å². The number of aromatic nitrogens is 1. The number of fused-ring (bicyclic) bond motifs is 1. The minimum atomic E-state index is -0.896. The van der Waals surface area contributed by atoms with E-state index in [4.69, 9.17) is 5.11 Å². The average Bonchev–Trinajstić information content (AvgIpc) is 2.61. The number of hydrogen-bond donors (Lipinski definition) is 2. The molecule has 0 radical (unpaired) electrons. The van der Waals surface area contributed by atoms with Gasteiger partial charge in [-0.05, 0) is 18.2 Å². The highest BCUT2D eigenvalue weighted by atomic mass is 79.9. The molecule has 0 aliphatic carbocycles. The Balaban J connectivity index is 1.69. The number of pyridine rings is 1. The first-order valence-corrected chi connectivity index (χ1v) is 8.92. The van der Waals surface area contributed by atoms with E-state index in [0.29, 0.717) is 55.9 Å². The van der Waals surface area contributed by atoms with Crippen molar-refractivity contribution in [3.05, 3.63) is 39.0 Å². The number of amides is 1. The fraction of sp³-hybridized carbons (Fsp3) is 0.375. The van der Waals surface area contributed by atoms with E-state index >= 15 is 0 Å². The third kappa shape index (κ3) is 4.02. The number of carbonyl (C=O) groups is 1. The van der Waals surface area contributed by atoms with E-state index in [1.165, 1.54) is 11.1 Å². The summed E-state index contributed by atoms with van der Waals surface area (Å²) in [5.74, 6) is 0. The molecule has 1 saturated heterocycles. The summed E-state index contributed by atoms with van der Waals surface area (Å²) in [4.78, 5) is 29.5. The number of halogens is 1. The van der Waals surface area contributed by atoms with Crippen LogP contribution < -0.4 is 5.32 Å². The highest BCUT2D eigenvalue weighted by molar-refractivity contribution is 9.10. The number of hydrogen-bond acceptors (Lipinski definition) is 6. The van der Waals surface area contributed by atoms with Crippen LogP contribution in [0.5, 0.6) is 0 Å². The van der Waals surface area contributed by atoms with Gasteiger partial charge in [0.15, 0.2) is 0 Å². The van der Waals surface area contributed by atoms with Crippen molar-refractivity contribution in [2.75, 3.05) is 44.6 Å². The molecule has 1 aromatic heterocycles. The summed E-state index contributed by atoms with van der Waals surface area (Å²) in [6.45, 7) is 3.44. The number of nitrogens with zero attached hydrogens (tertiary/aromatic N) is 4. The van der Waals surface area contributed by atoms with Gasteiger partial charge in [-0.3, -0.25) is 15.0 Å². The van der Waals surface area contributed by atoms with Gasteiger partial charge in [-0.15, -0.1) is 0 Å². The Labute approximate surface area is 157 Å². The third-order valence-corrected chi connectivity index (χ3v) is 4.87. The van der Waals surface area contributed by atoms with E-state index in [1.54, 1.807) is 6.07 Å². The van der Waals surface area contributed by atoms with Gasteiger partial charge >= 0.3 is 11.8 Å². The van der Waals surface area contributed by atoms with Gasteiger partial charge in [0.25, 0.3) is 0 Å². The van der Waals surface area contributed by atoms with E-state index in [2.05, 4.69) is 31.1 Å². The van der Waals surface area contributed by atoms with Gasteiger partial charge in [0.2, 0.25) is 0 Å². The van der Waals surface area contributed by atoms with E-state index < -0.39 is 11.0 Å². The second kappa shape index (κ2) is 7.83. The van der Waals surface area contributed by atoms with Crippen LogP contribution in [-0.2, 0) is 0 Å². The molecule has 0 saturated carbocycles. The first-order valence-electron chi connectivity index (χ1n) is 8.12. The van der Waals surface area contributed by atoms with Crippen LogP contribution in [0.3, 0.4) is 0 Å². The van der Waals surface area contributed by atoms with Crippen molar-refractivity contribution < 1.29 is 14.8 Å². The molecule has 2 heterocycles. The summed E-state index contributed by atoms with van der Waals surface area (Å²) in [6, 6.07) is 5.44. The summed E-state index contributed by atoms with van der Waals surface area (Å²) < 4.78 is 0.855. The molecule has 1 fully saturated rings. The van der Waals surface area contributed by atoms with Crippen molar-refractivity contribution in [3.63, 3.8) is 0 Å². The molecule has 2 N–H and O–H groups in total. The Morgan fingerprint density at radius 3 is 2.73 bits per heavy atom. The second-order valence-electron chi connectivity index (χ2n) is 5.98. The number of rotatable bonds is 5. The zero-order valence-electron chi connectivity index (χ0n) is 13.9. The van der Waals surface area contributed by atoms with Gasteiger partial charge in [0.1, 0.15) is 11.9 Å². The largest absolute Gasteiger partial charge is 0.465 e. The fourth-order valence-electron chi connectivity index (χ4n) is 2.98. The second-order valence-corrected chi connectivity index (χ2v) is 6.89. The minimum Gasteiger partial charge on any atom is -0.465 e. The third-order valence-electron chi connectivity index (χ3n) is 4.38. The van der Waals surface area contributed by atoms with Gasteiger partial charge in [0, 0.05) is 49.1 Å². The standard InChI is InChI=1S/C16H18BrN5O4/c17-11-1-2-12-13(9-11)19-10-14(22(25)26)15(12)18-3-4-20-5-7-21(8-6-20)16(23)24/h1-2,9-10H,3-8H2,(H,18,19)(H,23,24). The Morgan fingerprint density at radius 1 is 1.35 bits per heavy atom. The predicted molar refractivity (Wildman–Crippen MR) is 101 cm³/mol.